The number of carbonyl (C=O) groups excluding carboxylic acids is 1. The van der Waals surface area contributed by atoms with Gasteiger partial charge in [0.05, 0.1) is 29.4 Å². The largest absolute Gasteiger partial charge is 0.380 e. The number of carbonyl (C=O) groups is 1. The fraction of sp³-hybridized carbons (Fsp3) is 0.100. The van der Waals surface area contributed by atoms with Crippen molar-refractivity contribution < 1.29 is 9.53 Å². The number of fused-ring (bicyclic) bond motifs is 2. The molecule has 0 unspecified atom stereocenters. The molecule has 7 heteroatoms. The Hall–Kier alpha value is -3.58. The van der Waals surface area contributed by atoms with E-state index >= 15 is 0 Å². The predicted molar refractivity (Wildman–Crippen MR) is 103 cm³/mol. The van der Waals surface area contributed by atoms with Crippen LogP contribution >= 0.6 is 0 Å². The first-order valence-electron chi connectivity index (χ1n) is 8.32. The third kappa shape index (κ3) is 3.40. The fourth-order valence-corrected chi connectivity index (χ4v) is 2.95. The van der Waals surface area contributed by atoms with Crippen LogP contribution in [-0.2, 0) is 11.3 Å². The topological polar surface area (TPSA) is 97.0 Å². The second-order valence-electron chi connectivity index (χ2n) is 6.05. The standard InChI is InChI=1S/C20H16N4O3/c1-27-11-12-8-19(25)24-17-9-13(6-7-14(12)17)22-20(26)18-10-21-15-4-2-3-5-16(15)23-18/h2-10H,11H2,1H3,(H,22,26)(H,24,25). The first kappa shape index (κ1) is 16.9. The lowest BCUT2D eigenvalue weighted by molar-refractivity contribution is 0.102. The van der Waals surface area contributed by atoms with Gasteiger partial charge in [0.1, 0.15) is 5.69 Å². The zero-order chi connectivity index (χ0) is 18.8. The lowest BCUT2D eigenvalue weighted by atomic mass is 10.1. The number of H-pyrrole nitrogens is 1. The van der Waals surface area contributed by atoms with Crippen molar-refractivity contribution in [2.24, 2.45) is 0 Å². The number of anilines is 1. The molecular formula is C20H16N4O3. The number of ether oxygens (including phenoxy) is 1. The molecule has 0 aliphatic carbocycles. The number of para-hydroxylation sites is 2. The van der Waals surface area contributed by atoms with Crippen molar-refractivity contribution in [1.29, 1.82) is 0 Å². The fourth-order valence-electron chi connectivity index (χ4n) is 2.95. The molecule has 2 N–H and O–H groups in total. The summed E-state index contributed by atoms with van der Waals surface area (Å²) in [7, 11) is 1.58. The van der Waals surface area contributed by atoms with Crippen molar-refractivity contribution >= 4 is 33.5 Å². The molecule has 0 radical (unpaired) electrons. The molecule has 0 fully saturated rings. The Balaban J connectivity index is 1.65. The van der Waals surface area contributed by atoms with Gasteiger partial charge in [0.15, 0.2) is 0 Å². The lowest BCUT2D eigenvalue weighted by Gasteiger charge is -2.09. The van der Waals surface area contributed by atoms with Crippen LogP contribution in [0.15, 0.2) is 59.5 Å². The molecule has 0 atom stereocenters. The first-order valence-corrected chi connectivity index (χ1v) is 8.32. The van der Waals surface area contributed by atoms with E-state index in [9.17, 15) is 9.59 Å². The summed E-state index contributed by atoms with van der Waals surface area (Å²) < 4.78 is 5.14. The number of aromatic amines is 1. The highest BCUT2D eigenvalue weighted by Crippen LogP contribution is 2.21. The highest BCUT2D eigenvalue weighted by atomic mass is 16.5. The molecule has 4 rings (SSSR count). The van der Waals surface area contributed by atoms with Gasteiger partial charge in [-0.05, 0) is 29.8 Å². The van der Waals surface area contributed by atoms with E-state index in [-0.39, 0.29) is 17.2 Å². The second kappa shape index (κ2) is 6.97. The van der Waals surface area contributed by atoms with Crippen LogP contribution in [0.2, 0.25) is 0 Å². The van der Waals surface area contributed by atoms with Crippen molar-refractivity contribution in [1.82, 2.24) is 15.0 Å². The molecular weight excluding hydrogens is 344 g/mol. The number of nitrogens with zero attached hydrogens (tertiary/aromatic N) is 2. The number of rotatable bonds is 4. The molecule has 0 saturated heterocycles. The zero-order valence-electron chi connectivity index (χ0n) is 14.5. The van der Waals surface area contributed by atoms with E-state index in [0.29, 0.717) is 23.3 Å². The number of pyridine rings is 1. The Morgan fingerprint density at radius 2 is 1.96 bits per heavy atom. The number of methoxy groups -OCH3 is 1. The molecule has 1 amide bonds. The van der Waals surface area contributed by atoms with Crippen molar-refractivity contribution in [2.45, 2.75) is 6.61 Å². The van der Waals surface area contributed by atoms with Crippen LogP contribution in [0.5, 0.6) is 0 Å². The van der Waals surface area contributed by atoms with Crippen LogP contribution in [-0.4, -0.2) is 28.0 Å². The Kier molecular flexibility index (Phi) is 4.35. The van der Waals surface area contributed by atoms with Crippen LogP contribution in [0.3, 0.4) is 0 Å². The third-order valence-corrected chi connectivity index (χ3v) is 4.17. The average molecular weight is 360 g/mol. The van der Waals surface area contributed by atoms with Crippen LogP contribution in [0.4, 0.5) is 5.69 Å². The van der Waals surface area contributed by atoms with E-state index < -0.39 is 0 Å². The Morgan fingerprint density at radius 1 is 1.15 bits per heavy atom. The summed E-state index contributed by atoms with van der Waals surface area (Å²) >= 11 is 0. The maximum absolute atomic E-state index is 12.5. The maximum atomic E-state index is 12.5. The second-order valence-corrected chi connectivity index (χ2v) is 6.05. The van der Waals surface area contributed by atoms with Crippen molar-refractivity contribution in [2.75, 3.05) is 12.4 Å². The van der Waals surface area contributed by atoms with Crippen molar-refractivity contribution in [3.63, 3.8) is 0 Å². The summed E-state index contributed by atoms with van der Waals surface area (Å²) in [5.41, 5.74) is 3.33. The van der Waals surface area contributed by atoms with Gasteiger partial charge >= 0.3 is 0 Å². The van der Waals surface area contributed by atoms with Gasteiger partial charge in [0.25, 0.3) is 5.91 Å². The van der Waals surface area contributed by atoms with E-state index in [1.54, 1.807) is 25.3 Å². The number of aromatic nitrogens is 3. The number of hydrogen-bond donors (Lipinski definition) is 2. The Morgan fingerprint density at radius 3 is 2.78 bits per heavy atom. The summed E-state index contributed by atoms with van der Waals surface area (Å²) in [5.74, 6) is -0.372. The molecule has 0 saturated carbocycles. The van der Waals surface area contributed by atoms with Gasteiger partial charge in [-0.2, -0.15) is 0 Å². The van der Waals surface area contributed by atoms with Gasteiger partial charge in [-0.25, -0.2) is 4.98 Å². The molecule has 2 heterocycles. The number of nitrogens with one attached hydrogen (secondary N) is 2. The lowest BCUT2D eigenvalue weighted by Crippen LogP contribution is -2.14. The van der Waals surface area contributed by atoms with E-state index in [1.165, 1.54) is 12.3 Å². The van der Waals surface area contributed by atoms with Crippen molar-refractivity contribution in [3.05, 3.63) is 76.3 Å². The van der Waals surface area contributed by atoms with Crippen LogP contribution < -0.4 is 10.9 Å². The minimum absolute atomic E-state index is 0.218. The quantitative estimate of drug-likeness (QED) is 0.583. The van der Waals surface area contributed by atoms with Crippen molar-refractivity contribution in [3.8, 4) is 0 Å². The van der Waals surface area contributed by atoms with Gasteiger partial charge in [0.2, 0.25) is 5.56 Å². The monoisotopic (exact) mass is 360 g/mol. The first-order chi connectivity index (χ1) is 13.1. The Labute approximate surface area is 154 Å². The van der Waals surface area contributed by atoms with E-state index in [1.807, 2.05) is 24.3 Å². The average Bonchev–Trinajstić information content (AvgIpc) is 2.67. The Bertz CT molecular complexity index is 1220. The number of amides is 1. The van der Waals surface area contributed by atoms with Gasteiger partial charge in [-0.3, -0.25) is 14.6 Å². The van der Waals surface area contributed by atoms with E-state index in [4.69, 9.17) is 4.74 Å². The summed E-state index contributed by atoms with van der Waals surface area (Å²) in [6.07, 6.45) is 1.44. The molecule has 7 nitrogen and oxygen atoms in total. The summed E-state index contributed by atoms with van der Waals surface area (Å²) in [5, 5.41) is 3.65. The van der Waals surface area contributed by atoms with Crippen LogP contribution in [0.25, 0.3) is 21.9 Å². The van der Waals surface area contributed by atoms with Crippen LogP contribution in [0.1, 0.15) is 16.1 Å². The minimum atomic E-state index is -0.372. The third-order valence-electron chi connectivity index (χ3n) is 4.17. The molecule has 0 aliphatic rings. The maximum Gasteiger partial charge on any atom is 0.275 e. The molecule has 0 aliphatic heterocycles. The molecule has 4 aromatic rings. The summed E-state index contributed by atoms with van der Waals surface area (Å²) in [4.78, 5) is 35.7. The summed E-state index contributed by atoms with van der Waals surface area (Å²) in [6, 6.07) is 14.2. The number of hydrogen-bond acceptors (Lipinski definition) is 5. The molecule has 2 aromatic carbocycles. The molecule has 134 valence electrons. The smallest absolute Gasteiger partial charge is 0.275 e. The van der Waals surface area contributed by atoms with Gasteiger partial charge < -0.3 is 15.0 Å². The highest BCUT2D eigenvalue weighted by molar-refractivity contribution is 6.04. The normalized spacial score (nSPS) is 11.0. The predicted octanol–water partition coefficient (Wildman–Crippen LogP) is 2.87. The SMILES string of the molecule is COCc1cc(=O)[nH]c2cc(NC(=O)c3cnc4ccccc4n3)ccc12. The minimum Gasteiger partial charge on any atom is -0.380 e. The zero-order valence-corrected chi connectivity index (χ0v) is 14.5. The molecule has 2 aromatic heterocycles. The highest BCUT2D eigenvalue weighted by Gasteiger charge is 2.11. The summed E-state index contributed by atoms with van der Waals surface area (Å²) in [6.45, 7) is 0.332. The van der Waals surface area contributed by atoms with Gasteiger partial charge in [0, 0.05) is 24.2 Å². The van der Waals surface area contributed by atoms with Gasteiger partial charge in [-0.15, -0.1) is 0 Å². The van der Waals surface area contributed by atoms with E-state index in [0.717, 1.165) is 16.5 Å². The number of benzene rings is 2. The molecule has 0 bridgehead atoms. The van der Waals surface area contributed by atoms with Gasteiger partial charge in [-0.1, -0.05) is 18.2 Å². The van der Waals surface area contributed by atoms with Crippen LogP contribution in [0, 0.1) is 0 Å². The molecule has 0 spiro atoms. The molecule has 27 heavy (non-hydrogen) atoms. The van der Waals surface area contributed by atoms with E-state index in [2.05, 4.69) is 20.3 Å².